The van der Waals surface area contributed by atoms with Gasteiger partial charge in [0.2, 0.25) is 0 Å². The van der Waals surface area contributed by atoms with Gasteiger partial charge in [0.25, 0.3) is 0 Å². The molecule has 0 aliphatic heterocycles. The first-order valence-electron chi connectivity index (χ1n) is 5.57. The first-order chi connectivity index (χ1) is 7.66. The molecule has 2 aromatic rings. The normalized spacial score (nSPS) is 17.9. The molecule has 0 aromatic carbocycles. The molecule has 0 unspecified atom stereocenters. The van der Waals surface area contributed by atoms with Crippen molar-refractivity contribution in [2.24, 2.45) is 5.73 Å². The van der Waals surface area contributed by atoms with Crippen LogP contribution in [0.25, 0.3) is 5.52 Å². The van der Waals surface area contributed by atoms with Crippen molar-refractivity contribution in [1.29, 1.82) is 0 Å². The van der Waals surface area contributed by atoms with E-state index in [1.807, 2.05) is 10.6 Å². The number of aryl methyl sites for hydroxylation is 1. The summed E-state index contributed by atoms with van der Waals surface area (Å²) in [5.74, 6) is 0. The maximum absolute atomic E-state index is 6.09. The van der Waals surface area contributed by atoms with Crippen LogP contribution < -0.4 is 5.73 Å². The fraction of sp³-hybridized carbons (Fsp3) is 0.417. The quantitative estimate of drug-likeness (QED) is 0.938. The number of nitrogens with two attached hydrogens (primary N) is 1. The molecule has 16 heavy (non-hydrogen) atoms. The van der Waals surface area contributed by atoms with Gasteiger partial charge in [-0.25, -0.2) is 4.98 Å². The first-order valence-corrected chi connectivity index (χ1v) is 6.36. The fourth-order valence-corrected chi connectivity index (χ4v) is 2.40. The number of aromatic nitrogens is 2. The highest BCUT2D eigenvalue weighted by molar-refractivity contribution is 9.10. The van der Waals surface area contributed by atoms with Crippen LogP contribution in [0, 0.1) is 0 Å². The molecule has 2 aromatic heterocycles. The summed E-state index contributed by atoms with van der Waals surface area (Å²) >= 11 is 3.40. The topological polar surface area (TPSA) is 43.3 Å². The molecule has 84 valence electrons. The third kappa shape index (κ3) is 1.87. The summed E-state index contributed by atoms with van der Waals surface area (Å²) in [6.07, 6.45) is 8.47. The largest absolute Gasteiger partial charge is 0.325 e. The van der Waals surface area contributed by atoms with Gasteiger partial charge in [0.1, 0.15) is 0 Å². The summed E-state index contributed by atoms with van der Waals surface area (Å²) in [5.41, 5.74) is 8.71. The van der Waals surface area contributed by atoms with Crippen LogP contribution in [0.5, 0.6) is 0 Å². The second-order valence-corrected chi connectivity index (χ2v) is 5.43. The molecule has 0 bridgehead atoms. The van der Waals surface area contributed by atoms with Gasteiger partial charge in [-0.15, -0.1) is 0 Å². The number of pyridine rings is 1. The molecule has 0 spiro atoms. The van der Waals surface area contributed by atoms with Crippen LogP contribution in [0.2, 0.25) is 0 Å². The van der Waals surface area contributed by atoms with Crippen molar-refractivity contribution in [2.75, 3.05) is 0 Å². The van der Waals surface area contributed by atoms with Gasteiger partial charge < -0.3 is 5.73 Å². The summed E-state index contributed by atoms with van der Waals surface area (Å²) in [6, 6.07) is 4.33. The second kappa shape index (κ2) is 3.57. The summed E-state index contributed by atoms with van der Waals surface area (Å²) in [6.45, 7) is 0. The standard InChI is InChI=1S/C12H14BrN3/c13-11-15-8-10-7-9(2-6-16(10)11)1-3-12(14)4-5-12/h2,6-8H,1,3-5,14H2. The number of rotatable bonds is 3. The molecule has 2 heterocycles. The van der Waals surface area contributed by atoms with Crippen molar-refractivity contribution in [2.45, 2.75) is 31.2 Å². The molecule has 0 atom stereocenters. The minimum atomic E-state index is 0.146. The molecule has 0 amide bonds. The first kappa shape index (κ1) is 10.3. The Labute approximate surface area is 103 Å². The highest BCUT2D eigenvalue weighted by Gasteiger charge is 2.37. The van der Waals surface area contributed by atoms with E-state index in [9.17, 15) is 0 Å². The SMILES string of the molecule is NC1(CCc2ccn3c(Br)ncc3c2)CC1. The van der Waals surface area contributed by atoms with Crippen molar-refractivity contribution in [1.82, 2.24) is 9.38 Å². The van der Waals surface area contributed by atoms with Gasteiger partial charge in [0.05, 0.1) is 11.7 Å². The van der Waals surface area contributed by atoms with Gasteiger partial charge in [-0.1, -0.05) is 0 Å². The molecule has 3 nitrogen and oxygen atoms in total. The smallest absolute Gasteiger partial charge is 0.181 e. The van der Waals surface area contributed by atoms with Crippen LogP contribution in [-0.2, 0) is 6.42 Å². The Hall–Kier alpha value is -0.870. The summed E-state index contributed by atoms with van der Waals surface area (Å²) in [7, 11) is 0. The second-order valence-electron chi connectivity index (χ2n) is 4.72. The van der Waals surface area contributed by atoms with E-state index in [1.165, 1.54) is 18.4 Å². The minimum Gasteiger partial charge on any atom is -0.325 e. The molecule has 4 heteroatoms. The molecule has 1 fully saturated rings. The molecular weight excluding hydrogens is 266 g/mol. The molecule has 0 saturated heterocycles. The van der Waals surface area contributed by atoms with Gasteiger partial charge in [0.15, 0.2) is 4.73 Å². The fourth-order valence-electron chi connectivity index (χ4n) is 1.97. The maximum atomic E-state index is 6.09. The van der Waals surface area contributed by atoms with E-state index in [1.54, 1.807) is 0 Å². The average Bonchev–Trinajstić information content (AvgIpc) is 2.91. The maximum Gasteiger partial charge on any atom is 0.181 e. The number of fused-ring (bicyclic) bond motifs is 1. The highest BCUT2D eigenvalue weighted by atomic mass is 79.9. The monoisotopic (exact) mass is 279 g/mol. The van der Waals surface area contributed by atoms with Crippen LogP contribution in [0.3, 0.4) is 0 Å². The lowest BCUT2D eigenvalue weighted by Gasteiger charge is -2.08. The molecule has 3 rings (SSSR count). The molecule has 0 radical (unpaired) electrons. The van der Waals surface area contributed by atoms with Crippen LogP contribution in [0.15, 0.2) is 29.3 Å². The number of halogens is 1. The predicted molar refractivity (Wildman–Crippen MR) is 67.4 cm³/mol. The Kier molecular flexibility index (Phi) is 2.30. The number of hydrogen-bond acceptors (Lipinski definition) is 2. The zero-order chi connectivity index (χ0) is 11.2. The van der Waals surface area contributed by atoms with Crippen molar-refractivity contribution >= 4 is 21.4 Å². The summed E-state index contributed by atoms with van der Waals surface area (Å²) < 4.78 is 2.88. The summed E-state index contributed by atoms with van der Waals surface area (Å²) in [4.78, 5) is 4.21. The van der Waals surface area contributed by atoms with Gasteiger partial charge in [-0.3, -0.25) is 4.40 Å². The number of imidazole rings is 1. The van der Waals surface area contributed by atoms with Crippen molar-refractivity contribution in [3.05, 3.63) is 34.8 Å². The minimum absolute atomic E-state index is 0.146. The Balaban J connectivity index is 1.82. The van der Waals surface area contributed by atoms with Gasteiger partial charge in [-0.2, -0.15) is 0 Å². The van der Waals surface area contributed by atoms with Crippen LogP contribution >= 0.6 is 15.9 Å². The summed E-state index contributed by atoms with van der Waals surface area (Å²) in [5, 5.41) is 0. The van der Waals surface area contributed by atoms with E-state index in [0.29, 0.717) is 0 Å². The number of hydrogen-bond donors (Lipinski definition) is 1. The molecule has 1 aliphatic rings. The van der Waals surface area contributed by atoms with E-state index >= 15 is 0 Å². The van der Waals surface area contributed by atoms with Crippen LogP contribution in [0.1, 0.15) is 24.8 Å². The number of nitrogens with zero attached hydrogens (tertiary/aromatic N) is 2. The van der Waals surface area contributed by atoms with Gasteiger partial charge in [-0.05, 0) is 59.3 Å². The van der Waals surface area contributed by atoms with Gasteiger partial charge in [0, 0.05) is 11.7 Å². The zero-order valence-corrected chi connectivity index (χ0v) is 10.6. The Morgan fingerprint density at radius 1 is 1.50 bits per heavy atom. The van der Waals surface area contributed by atoms with Crippen molar-refractivity contribution in [3.63, 3.8) is 0 Å². The van der Waals surface area contributed by atoms with E-state index in [4.69, 9.17) is 5.73 Å². The predicted octanol–water partition coefficient (Wildman–Crippen LogP) is 2.52. The Morgan fingerprint density at radius 3 is 3.06 bits per heavy atom. The average molecular weight is 280 g/mol. The highest BCUT2D eigenvalue weighted by Crippen LogP contribution is 2.36. The third-order valence-corrected chi connectivity index (χ3v) is 3.94. The lowest BCUT2D eigenvalue weighted by atomic mass is 10.1. The molecule has 1 aliphatic carbocycles. The van der Waals surface area contributed by atoms with E-state index in [-0.39, 0.29) is 5.54 Å². The molecular formula is C12H14BrN3. The zero-order valence-electron chi connectivity index (χ0n) is 8.99. The van der Waals surface area contributed by atoms with E-state index in [2.05, 4.69) is 39.2 Å². The van der Waals surface area contributed by atoms with Crippen LogP contribution in [-0.4, -0.2) is 14.9 Å². The Morgan fingerprint density at radius 2 is 2.31 bits per heavy atom. The van der Waals surface area contributed by atoms with E-state index < -0.39 is 0 Å². The van der Waals surface area contributed by atoms with Crippen LogP contribution in [0.4, 0.5) is 0 Å². The molecule has 1 saturated carbocycles. The lowest BCUT2D eigenvalue weighted by Crippen LogP contribution is -2.22. The van der Waals surface area contributed by atoms with Crippen molar-refractivity contribution in [3.8, 4) is 0 Å². The van der Waals surface area contributed by atoms with Crippen molar-refractivity contribution < 1.29 is 0 Å². The molecule has 2 N–H and O–H groups in total. The van der Waals surface area contributed by atoms with E-state index in [0.717, 1.165) is 23.1 Å². The Bertz CT molecular complexity index is 528. The lowest BCUT2D eigenvalue weighted by molar-refractivity contribution is 0.609. The van der Waals surface area contributed by atoms with Gasteiger partial charge >= 0.3 is 0 Å². The third-order valence-electron chi connectivity index (χ3n) is 3.36.